The molecule has 0 bridgehead atoms. The molecule has 1 aromatic carbocycles. The lowest BCUT2D eigenvalue weighted by molar-refractivity contribution is -0.278. The number of aryl methyl sites for hydroxylation is 1. The lowest BCUT2D eigenvalue weighted by Crippen LogP contribution is -2.60. The quantitative estimate of drug-likeness (QED) is 0.649. The zero-order valence-corrected chi connectivity index (χ0v) is 13.8. The van der Waals surface area contributed by atoms with E-state index in [2.05, 4.69) is 0 Å². The first-order chi connectivity index (χ1) is 11.4. The van der Waals surface area contributed by atoms with Gasteiger partial charge in [-0.2, -0.15) is 0 Å². The van der Waals surface area contributed by atoms with Gasteiger partial charge >= 0.3 is 5.97 Å². The molecule has 7 nitrogen and oxygen atoms in total. The van der Waals surface area contributed by atoms with Crippen molar-refractivity contribution in [2.75, 3.05) is 6.61 Å². The Kier molecular flexibility index (Phi) is 6.56. The van der Waals surface area contributed by atoms with Crippen LogP contribution < -0.4 is 4.74 Å². The Labute approximate surface area is 140 Å². The van der Waals surface area contributed by atoms with E-state index >= 15 is 0 Å². The van der Waals surface area contributed by atoms with Crippen LogP contribution in [0.15, 0.2) is 24.3 Å². The summed E-state index contributed by atoms with van der Waals surface area (Å²) in [7, 11) is 0. The Morgan fingerprint density at radius 1 is 1.12 bits per heavy atom. The lowest BCUT2D eigenvalue weighted by Gasteiger charge is -2.39. The van der Waals surface area contributed by atoms with Crippen LogP contribution in [0.25, 0.3) is 0 Å². The molecule has 0 amide bonds. The predicted molar refractivity (Wildman–Crippen MR) is 84.4 cm³/mol. The molecule has 3 N–H and O–H groups in total. The molecule has 2 rings (SSSR count). The monoisotopic (exact) mass is 340 g/mol. The molecule has 0 spiro atoms. The molecule has 1 fully saturated rings. The molecule has 1 heterocycles. The van der Waals surface area contributed by atoms with Crippen LogP contribution in [0.3, 0.4) is 0 Å². The predicted octanol–water partition coefficient (Wildman–Crippen LogP) is 0.525. The van der Waals surface area contributed by atoms with Gasteiger partial charge in [-0.05, 0) is 25.5 Å². The summed E-state index contributed by atoms with van der Waals surface area (Å²) < 4.78 is 16.0. The van der Waals surface area contributed by atoms with Crippen molar-refractivity contribution in [2.45, 2.75) is 57.4 Å². The molecule has 1 aliphatic heterocycles. The lowest BCUT2D eigenvalue weighted by atomic mass is 9.99. The van der Waals surface area contributed by atoms with Crippen molar-refractivity contribution < 1.29 is 34.3 Å². The molecule has 134 valence electrons. The molecule has 1 saturated heterocycles. The second-order valence-electron chi connectivity index (χ2n) is 5.88. The van der Waals surface area contributed by atoms with Crippen molar-refractivity contribution in [2.24, 2.45) is 0 Å². The fourth-order valence-corrected chi connectivity index (χ4v) is 2.35. The number of esters is 1. The SMILES string of the molecule is CCCC(=O)OC[C@H]1O[C@H](Oc2ccc(C)cc2)[C@@H](O)[C@@H](O)[C@@H]1O. The molecular weight excluding hydrogens is 316 g/mol. The number of benzene rings is 1. The van der Waals surface area contributed by atoms with E-state index in [1.807, 2.05) is 26.0 Å². The minimum Gasteiger partial charge on any atom is -0.463 e. The van der Waals surface area contributed by atoms with E-state index in [1.165, 1.54) is 0 Å². The zero-order valence-electron chi connectivity index (χ0n) is 13.8. The summed E-state index contributed by atoms with van der Waals surface area (Å²) in [6.45, 7) is 3.55. The molecule has 0 saturated carbocycles. The summed E-state index contributed by atoms with van der Waals surface area (Å²) >= 11 is 0. The fourth-order valence-electron chi connectivity index (χ4n) is 2.35. The van der Waals surface area contributed by atoms with Gasteiger partial charge in [0.15, 0.2) is 0 Å². The van der Waals surface area contributed by atoms with E-state index in [0.717, 1.165) is 5.56 Å². The van der Waals surface area contributed by atoms with Crippen LogP contribution in [-0.4, -0.2) is 58.6 Å². The van der Waals surface area contributed by atoms with Gasteiger partial charge < -0.3 is 29.5 Å². The topological polar surface area (TPSA) is 105 Å². The molecule has 1 aliphatic rings. The van der Waals surface area contributed by atoms with Crippen molar-refractivity contribution in [3.8, 4) is 5.75 Å². The van der Waals surface area contributed by atoms with Gasteiger partial charge in [0.05, 0.1) is 0 Å². The van der Waals surface area contributed by atoms with Crippen LogP contribution in [0.2, 0.25) is 0 Å². The standard InChI is InChI=1S/C17H24O7/c1-3-4-13(18)22-9-12-14(19)15(20)16(21)17(24-12)23-11-7-5-10(2)6-8-11/h5-8,12,14-17,19-21H,3-4,9H2,1-2H3/t12-,14-,15+,16+,17+/m1/s1. The minimum absolute atomic E-state index is 0.225. The highest BCUT2D eigenvalue weighted by molar-refractivity contribution is 5.69. The second kappa shape index (κ2) is 8.43. The number of aliphatic hydroxyl groups excluding tert-OH is 3. The first-order valence-corrected chi connectivity index (χ1v) is 8.01. The first-order valence-electron chi connectivity index (χ1n) is 8.01. The van der Waals surface area contributed by atoms with Crippen LogP contribution in [0, 0.1) is 6.92 Å². The van der Waals surface area contributed by atoms with Crippen molar-refractivity contribution >= 4 is 5.97 Å². The number of carbonyl (C=O) groups is 1. The molecule has 1 aromatic rings. The van der Waals surface area contributed by atoms with E-state index in [0.29, 0.717) is 12.2 Å². The molecule has 24 heavy (non-hydrogen) atoms. The number of hydrogen-bond donors (Lipinski definition) is 3. The third kappa shape index (κ3) is 4.67. The number of rotatable bonds is 6. The van der Waals surface area contributed by atoms with Gasteiger partial charge in [-0.3, -0.25) is 4.79 Å². The fraction of sp³-hybridized carbons (Fsp3) is 0.588. The molecule has 0 aromatic heterocycles. The number of carbonyl (C=O) groups excluding carboxylic acids is 1. The van der Waals surface area contributed by atoms with E-state index < -0.39 is 36.7 Å². The highest BCUT2D eigenvalue weighted by Crippen LogP contribution is 2.25. The highest BCUT2D eigenvalue weighted by atomic mass is 16.7. The maximum absolute atomic E-state index is 11.4. The van der Waals surface area contributed by atoms with Gasteiger partial charge in [0.2, 0.25) is 6.29 Å². The molecule has 0 aliphatic carbocycles. The van der Waals surface area contributed by atoms with E-state index in [1.54, 1.807) is 12.1 Å². The summed E-state index contributed by atoms with van der Waals surface area (Å²) in [5.41, 5.74) is 1.05. The van der Waals surface area contributed by atoms with Gasteiger partial charge in [0.25, 0.3) is 0 Å². The molecule has 0 unspecified atom stereocenters. The minimum atomic E-state index is -1.47. The van der Waals surface area contributed by atoms with Crippen molar-refractivity contribution in [3.63, 3.8) is 0 Å². The Bertz CT molecular complexity index is 530. The van der Waals surface area contributed by atoms with E-state index in [9.17, 15) is 20.1 Å². The maximum Gasteiger partial charge on any atom is 0.305 e. The Morgan fingerprint density at radius 3 is 2.42 bits per heavy atom. The Hall–Kier alpha value is -1.67. The van der Waals surface area contributed by atoms with Crippen molar-refractivity contribution in [1.29, 1.82) is 0 Å². The van der Waals surface area contributed by atoms with Crippen LogP contribution >= 0.6 is 0 Å². The molecule has 0 radical (unpaired) electrons. The van der Waals surface area contributed by atoms with E-state index in [-0.39, 0.29) is 13.0 Å². The third-order valence-corrected chi connectivity index (χ3v) is 3.80. The maximum atomic E-state index is 11.4. The van der Waals surface area contributed by atoms with Gasteiger partial charge in [-0.25, -0.2) is 0 Å². The van der Waals surface area contributed by atoms with Crippen LogP contribution in [-0.2, 0) is 14.3 Å². The van der Waals surface area contributed by atoms with E-state index in [4.69, 9.17) is 14.2 Å². The third-order valence-electron chi connectivity index (χ3n) is 3.80. The Balaban J connectivity index is 2.00. The average Bonchev–Trinajstić information content (AvgIpc) is 2.56. The van der Waals surface area contributed by atoms with Crippen LogP contribution in [0.1, 0.15) is 25.3 Å². The number of ether oxygens (including phenoxy) is 3. The summed E-state index contributed by atoms with van der Waals surface area (Å²) in [6.07, 6.45) is -5.54. The van der Waals surface area contributed by atoms with Gasteiger partial charge in [-0.1, -0.05) is 24.6 Å². The highest BCUT2D eigenvalue weighted by Gasteiger charge is 2.45. The summed E-state index contributed by atoms with van der Waals surface area (Å²) in [4.78, 5) is 11.4. The summed E-state index contributed by atoms with van der Waals surface area (Å²) in [5.74, 6) is 0.0416. The number of hydrogen-bond acceptors (Lipinski definition) is 7. The van der Waals surface area contributed by atoms with Crippen LogP contribution in [0.5, 0.6) is 5.75 Å². The smallest absolute Gasteiger partial charge is 0.305 e. The normalized spacial score (nSPS) is 30.0. The zero-order chi connectivity index (χ0) is 17.7. The molecular formula is C17H24O7. The second-order valence-corrected chi connectivity index (χ2v) is 5.88. The average molecular weight is 340 g/mol. The van der Waals surface area contributed by atoms with Crippen LogP contribution in [0.4, 0.5) is 0 Å². The van der Waals surface area contributed by atoms with Gasteiger partial charge in [0.1, 0.15) is 36.8 Å². The van der Waals surface area contributed by atoms with Gasteiger partial charge in [0, 0.05) is 6.42 Å². The Morgan fingerprint density at radius 2 is 1.79 bits per heavy atom. The summed E-state index contributed by atoms with van der Waals surface area (Å²) in [6, 6.07) is 7.08. The van der Waals surface area contributed by atoms with Gasteiger partial charge in [-0.15, -0.1) is 0 Å². The molecule has 5 atom stereocenters. The van der Waals surface area contributed by atoms with Crippen molar-refractivity contribution in [1.82, 2.24) is 0 Å². The molecule has 7 heteroatoms. The van der Waals surface area contributed by atoms with Crippen molar-refractivity contribution in [3.05, 3.63) is 29.8 Å². The summed E-state index contributed by atoms with van der Waals surface area (Å²) in [5, 5.41) is 30.0. The largest absolute Gasteiger partial charge is 0.463 e. The first kappa shape index (κ1) is 18.7. The number of aliphatic hydroxyl groups is 3.